The van der Waals surface area contributed by atoms with Gasteiger partial charge in [0.1, 0.15) is 0 Å². The van der Waals surface area contributed by atoms with E-state index in [4.69, 9.17) is 9.47 Å². The first-order chi connectivity index (χ1) is 12.5. The molecule has 136 valence electrons. The van der Waals surface area contributed by atoms with Crippen LogP contribution < -0.4 is 14.8 Å². The zero-order valence-electron chi connectivity index (χ0n) is 14.6. The Morgan fingerprint density at radius 3 is 2.42 bits per heavy atom. The molecule has 0 aliphatic rings. The highest BCUT2D eigenvalue weighted by atomic mass is 16.6. The van der Waals surface area contributed by atoms with Gasteiger partial charge in [0.25, 0.3) is 5.69 Å². The van der Waals surface area contributed by atoms with Gasteiger partial charge in [0.15, 0.2) is 11.5 Å². The van der Waals surface area contributed by atoms with Crippen LogP contribution in [0, 0.1) is 10.1 Å². The van der Waals surface area contributed by atoms with Crippen LogP contribution in [-0.2, 0) is 11.2 Å². The molecule has 0 fully saturated rings. The number of rotatable bonds is 8. The lowest BCUT2D eigenvalue weighted by Crippen LogP contribution is -2.23. The minimum atomic E-state index is -0.464. The number of nitro benzene ring substituents is 1. The molecule has 0 saturated carbocycles. The van der Waals surface area contributed by atoms with Crippen molar-refractivity contribution in [3.05, 3.63) is 69.8 Å². The fourth-order valence-corrected chi connectivity index (χ4v) is 2.30. The van der Waals surface area contributed by atoms with Crippen LogP contribution in [0.5, 0.6) is 11.5 Å². The third-order valence-electron chi connectivity index (χ3n) is 3.69. The topological polar surface area (TPSA) is 90.7 Å². The lowest BCUT2D eigenvalue weighted by Gasteiger charge is -2.09. The van der Waals surface area contributed by atoms with Crippen molar-refractivity contribution in [2.24, 2.45) is 0 Å². The van der Waals surface area contributed by atoms with Crippen molar-refractivity contribution < 1.29 is 19.2 Å². The lowest BCUT2D eigenvalue weighted by atomic mass is 10.1. The van der Waals surface area contributed by atoms with Gasteiger partial charge in [-0.15, -0.1) is 0 Å². The van der Waals surface area contributed by atoms with Gasteiger partial charge < -0.3 is 14.8 Å². The van der Waals surface area contributed by atoms with Crippen LogP contribution in [0.3, 0.4) is 0 Å². The normalized spacial score (nSPS) is 10.5. The van der Waals surface area contributed by atoms with Crippen LogP contribution in [0.2, 0.25) is 0 Å². The molecule has 0 aliphatic carbocycles. The van der Waals surface area contributed by atoms with Gasteiger partial charge in [-0.25, -0.2) is 0 Å². The summed E-state index contributed by atoms with van der Waals surface area (Å²) in [6.07, 6.45) is 3.66. The van der Waals surface area contributed by atoms with Crippen molar-refractivity contribution in [1.29, 1.82) is 0 Å². The summed E-state index contributed by atoms with van der Waals surface area (Å²) >= 11 is 0. The molecule has 2 rings (SSSR count). The van der Waals surface area contributed by atoms with Crippen LogP contribution >= 0.6 is 0 Å². The van der Waals surface area contributed by atoms with Crippen LogP contribution in [0.4, 0.5) is 5.69 Å². The Kier molecular flexibility index (Phi) is 6.73. The zero-order valence-corrected chi connectivity index (χ0v) is 14.6. The summed E-state index contributed by atoms with van der Waals surface area (Å²) in [7, 11) is 3.15. The second-order valence-electron chi connectivity index (χ2n) is 5.41. The third kappa shape index (κ3) is 5.34. The lowest BCUT2D eigenvalue weighted by molar-refractivity contribution is -0.384. The maximum Gasteiger partial charge on any atom is 0.269 e. The SMILES string of the molecule is COc1ccc(CCNC(=O)C=Cc2ccc([N+](=O)[O-])cc2)cc1OC. The van der Waals surface area contributed by atoms with E-state index >= 15 is 0 Å². The smallest absolute Gasteiger partial charge is 0.269 e. The van der Waals surface area contributed by atoms with Crippen molar-refractivity contribution in [3.8, 4) is 11.5 Å². The summed E-state index contributed by atoms with van der Waals surface area (Å²) in [6, 6.07) is 11.6. The summed E-state index contributed by atoms with van der Waals surface area (Å²) < 4.78 is 10.4. The summed E-state index contributed by atoms with van der Waals surface area (Å²) in [5, 5.41) is 13.4. The molecule has 0 radical (unpaired) electrons. The Morgan fingerprint density at radius 1 is 1.12 bits per heavy atom. The monoisotopic (exact) mass is 356 g/mol. The van der Waals surface area contributed by atoms with Crippen molar-refractivity contribution in [2.45, 2.75) is 6.42 Å². The molecule has 0 unspecified atom stereocenters. The van der Waals surface area contributed by atoms with Gasteiger partial charge in [-0.3, -0.25) is 14.9 Å². The predicted molar refractivity (Wildman–Crippen MR) is 98.4 cm³/mol. The standard InChI is InChI=1S/C19H20N2O5/c1-25-17-9-5-15(13-18(17)26-2)11-12-20-19(22)10-6-14-3-7-16(8-4-14)21(23)24/h3-10,13H,11-12H2,1-2H3,(H,20,22). The highest BCUT2D eigenvalue weighted by Crippen LogP contribution is 2.27. The zero-order chi connectivity index (χ0) is 18.9. The Morgan fingerprint density at radius 2 is 1.81 bits per heavy atom. The van der Waals surface area contributed by atoms with Crippen LogP contribution in [-0.4, -0.2) is 31.6 Å². The molecule has 26 heavy (non-hydrogen) atoms. The minimum absolute atomic E-state index is 0.0153. The number of nitrogens with zero attached hydrogens (tertiary/aromatic N) is 1. The fourth-order valence-electron chi connectivity index (χ4n) is 2.30. The molecule has 1 amide bonds. The summed E-state index contributed by atoms with van der Waals surface area (Å²) in [4.78, 5) is 22.0. The van der Waals surface area contributed by atoms with Crippen molar-refractivity contribution in [1.82, 2.24) is 5.32 Å². The molecule has 0 aromatic heterocycles. The molecule has 0 heterocycles. The largest absolute Gasteiger partial charge is 0.493 e. The van der Waals surface area contributed by atoms with Gasteiger partial charge >= 0.3 is 0 Å². The third-order valence-corrected chi connectivity index (χ3v) is 3.69. The first kappa shape index (κ1) is 19.0. The fraction of sp³-hybridized carbons (Fsp3) is 0.211. The van der Waals surface area contributed by atoms with Crippen LogP contribution in [0.15, 0.2) is 48.5 Å². The average Bonchev–Trinajstić information content (AvgIpc) is 2.66. The van der Waals surface area contributed by atoms with E-state index in [9.17, 15) is 14.9 Å². The molecule has 0 spiro atoms. The molecular formula is C19H20N2O5. The molecule has 2 aromatic carbocycles. The molecule has 0 bridgehead atoms. The Labute approximate surface area is 151 Å². The van der Waals surface area contributed by atoms with Crippen molar-refractivity contribution in [3.63, 3.8) is 0 Å². The predicted octanol–water partition coefficient (Wildman–Crippen LogP) is 2.98. The highest BCUT2D eigenvalue weighted by molar-refractivity contribution is 5.91. The number of amides is 1. The summed E-state index contributed by atoms with van der Waals surface area (Å²) in [5.41, 5.74) is 1.74. The van der Waals surface area contributed by atoms with Gasteiger partial charge in [-0.05, 0) is 47.9 Å². The number of carbonyl (C=O) groups excluding carboxylic acids is 1. The molecule has 0 aliphatic heterocycles. The van der Waals surface area contributed by atoms with E-state index in [-0.39, 0.29) is 11.6 Å². The second-order valence-corrected chi connectivity index (χ2v) is 5.41. The number of ether oxygens (including phenoxy) is 2. The summed E-state index contributed by atoms with van der Waals surface area (Å²) in [6.45, 7) is 0.471. The van der Waals surface area contributed by atoms with E-state index in [1.54, 1.807) is 32.4 Å². The van der Waals surface area contributed by atoms with Gasteiger partial charge in [0.05, 0.1) is 19.1 Å². The van der Waals surface area contributed by atoms with Gasteiger partial charge in [-0.1, -0.05) is 6.07 Å². The quantitative estimate of drug-likeness (QED) is 0.446. The van der Waals surface area contributed by atoms with Crippen LogP contribution in [0.25, 0.3) is 6.08 Å². The van der Waals surface area contributed by atoms with Crippen molar-refractivity contribution in [2.75, 3.05) is 20.8 Å². The number of hydrogen-bond donors (Lipinski definition) is 1. The Hall–Kier alpha value is -3.35. The van der Waals surface area contributed by atoms with Gasteiger partial charge in [0, 0.05) is 24.8 Å². The number of benzene rings is 2. The molecule has 2 aromatic rings. The number of carbonyl (C=O) groups is 1. The van der Waals surface area contributed by atoms with Crippen LogP contribution in [0.1, 0.15) is 11.1 Å². The number of hydrogen-bond acceptors (Lipinski definition) is 5. The van der Waals surface area contributed by atoms with E-state index in [0.717, 1.165) is 5.56 Å². The summed E-state index contributed by atoms with van der Waals surface area (Å²) in [5.74, 6) is 1.07. The second kappa shape index (κ2) is 9.22. The number of nitro groups is 1. The van der Waals surface area contributed by atoms with E-state index in [0.29, 0.717) is 30.0 Å². The highest BCUT2D eigenvalue weighted by Gasteiger charge is 2.05. The maximum atomic E-state index is 11.9. The molecule has 1 N–H and O–H groups in total. The van der Waals surface area contributed by atoms with E-state index in [1.807, 2.05) is 18.2 Å². The number of non-ortho nitro benzene ring substituents is 1. The maximum absolute atomic E-state index is 11.9. The van der Waals surface area contributed by atoms with E-state index < -0.39 is 4.92 Å². The molecule has 0 saturated heterocycles. The number of nitrogens with one attached hydrogen (secondary N) is 1. The van der Waals surface area contributed by atoms with Crippen molar-refractivity contribution >= 4 is 17.7 Å². The first-order valence-corrected chi connectivity index (χ1v) is 7.94. The molecule has 0 atom stereocenters. The van der Waals surface area contributed by atoms with E-state index in [1.165, 1.54) is 18.2 Å². The Bertz CT molecular complexity index is 800. The molecular weight excluding hydrogens is 336 g/mol. The number of methoxy groups -OCH3 is 2. The van der Waals surface area contributed by atoms with Gasteiger partial charge in [-0.2, -0.15) is 0 Å². The minimum Gasteiger partial charge on any atom is -0.493 e. The average molecular weight is 356 g/mol. The molecule has 7 nitrogen and oxygen atoms in total. The van der Waals surface area contributed by atoms with Gasteiger partial charge in [0.2, 0.25) is 5.91 Å². The van der Waals surface area contributed by atoms with E-state index in [2.05, 4.69) is 5.32 Å². The first-order valence-electron chi connectivity index (χ1n) is 7.94. The Balaban J connectivity index is 1.84. The molecule has 7 heteroatoms.